The van der Waals surface area contributed by atoms with Gasteiger partial charge in [0.1, 0.15) is 0 Å². The zero-order chi connectivity index (χ0) is 9.50. The van der Waals surface area contributed by atoms with Crippen LogP contribution in [0, 0.1) is 0 Å². The number of hydrogen-bond donors (Lipinski definition) is 0. The fourth-order valence-electron chi connectivity index (χ4n) is 0.425. The van der Waals surface area contributed by atoms with Gasteiger partial charge in [-0.1, -0.05) is 26.2 Å². The molecule has 0 rings (SSSR count). The molecule has 1 unspecified atom stereocenters. The molecule has 0 bridgehead atoms. The van der Waals surface area contributed by atoms with Crippen LogP contribution in [0.2, 0.25) is 26.2 Å². The molecule has 0 aliphatic heterocycles. The van der Waals surface area contributed by atoms with Crippen LogP contribution in [0.1, 0.15) is 0 Å². The molecule has 0 N–H and O–H groups in total. The van der Waals surface area contributed by atoms with Crippen molar-refractivity contribution in [1.82, 2.24) is 0 Å². The van der Waals surface area contributed by atoms with Gasteiger partial charge in [-0.15, -0.1) is 33.2 Å². The van der Waals surface area contributed by atoms with Crippen molar-refractivity contribution >= 4 is 63.8 Å². The van der Waals surface area contributed by atoms with Crippen LogP contribution in [0.25, 0.3) is 0 Å². The molecular weight excluding hydrogens is 274 g/mol. The van der Waals surface area contributed by atoms with Crippen LogP contribution in [-0.2, 0) is 0 Å². The van der Waals surface area contributed by atoms with Gasteiger partial charge in [-0.3, -0.25) is 0 Å². The first-order valence-electron chi connectivity index (χ1n) is 3.26. The van der Waals surface area contributed by atoms with E-state index in [-0.39, 0.29) is 0 Å². The Labute approximate surface area is 89.6 Å². The summed E-state index contributed by atoms with van der Waals surface area (Å²) in [4.78, 5) is 0. The minimum atomic E-state index is -2.64. The lowest BCUT2D eigenvalue weighted by atomic mass is 11.8. The first kappa shape index (κ1) is 12.8. The van der Waals surface area contributed by atoms with E-state index in [1.54, 1.807) is 0 Å². The second-order valence-corrected chi connectivity index (χ2v) is 39.4. The predicted molar refractivity (Wildman–Crippen MR) is 64.1 cm³/mol. The van der Waals surface area contributed by atoms with Gasteiger partial charge in [0, 0.05) is 0 Å². The Morgan fingerprint density at radius 3 is 1.00 bits per heavy atom. The SMILES string of the molecule is C[Si](C)(C)[Si](C)(Cl)[Si](Cl)(Cl)Cl. The lowest BCUT2D eigenvalue weighted by Crippen LogP contribution is -2.62. The standard InChI is InChI=1S/C4H12Cl4Si3/c1-9(2,3)10(4,5)11(6,7)8/h1-4H3. The van der Waals surface area contributed by atoms with E-state index in [1.165, 1.54) is 0 Å². The number of hydrogen-bond acceptors (Lipinski definition) is 0. The van der Waals surface area contributed by atoms with Crippen molar-refractivity contribution in [2.45, 2.75) is 26.2 Å². The molecule has 0 radical (unpaired) electrons. The Morgan fingerprint density at radius 2 is 1.00 bits per heavy atom. The van der Waals surface area contributed by atoms with Crippen molar-refractivity contribution in [3.8, 4) is 0 Å². The van der Waals surface area contributed by atoms with Gasteiger partial charge in [0.2, 0.25) is 0 Å². The van der Waals surface area contributed by atoms with Crippen LogP contribution in [0.5, 0.6) is 0 Å². The Morgan fingerprint density at radius 1 is 0.727 bits per heavy atom. The van der Waals surface area contributed by atoms with Crippen LogP contribution < -0.4 is 0 Å². The molecule has 0 fully saturated rings. The van der Waals surface area contributed by atoms with Crippen molar-refractivity contribution in [1.29, 1.82) is 0 Å². The molecule has 0 saturated carbocycles. The average Bonchev–Trinajstić information content (AvgIpc) is 1.58. The second-order valence-electron chi connectivity index (χ2n) is 3.75. The molecule has 0 amide bonds. The molecular formula is C4H12Cl4Si3. The largest absolute Gasteiger partial charge is 0.338 e. The van der Waals surface area contributed by atoms with Crippen LogP contribution in [-0.4, -0.2) is 19.5 Å². The van der Waals surface area contributed by atoms with Gasteiger partial charge in [-0.25, -0.2) is 0 Å². The predicted octanol–water partition coefficient (Wildman–Crippen LogP) is 3.95. The second kappa shape index (κ2) is 3.52. The van der Waals surface area contributed by atoms with Gasteiger partial charge in [0.15, 0.2) is 6.42 Å². The highest BCUT2D eigenvalue weighted by atomic mass is 35.9. The molecule has 0 spiro atoms. The molecule has 0 aromatic carbocycles. The Bertz CT molecular complexity index is 128. The van der Waals surface area contributed by atoms with Crippen molar-refractivity contribution in [2.75, 3.05) is 0 Å². The van der Waals surface area contributed by atoms with Crippen molar-refractivity contribution in [3.05, 3.63) is 0 Å². The monoisotopic (exact) mass is 284 g/mol. The van der Waals surface area contributed by atoms with Crippen LogP contribution >= 0.6 is 44.3 Å². The third kappa shape index (κ3) is 2.90. The van der Waals surface area contributed by atoms with Gasteiger partial charge in [-0.2, -0.15) is 11.1 Å². The minimum absolute atomic E-state index is 1.45. The van der Waals surface area contributed by atoms with E-state index in [0.717, 1.165) is 0 Å². The maximum Gasteiger partial charge on any atom is 0.338 e. The Hall–Kier alpha value is 1.81. The summed E-state index contributed by atoms with van der Waals surface area (Å²) in [6.07, 6.45) is -2.06. The molecule has 7 heteroatoms. The van der Waals surface area contributed by atoms with Gasteiger partial charge < -0.3 is 0 Å². The highest BCUT2D eigenvalue weighted by Crippen LogP contribution is 2.39. The summed E-state index contributed by atoms with van der Waals surface area (Å²) >= 11 is 24.2. The zero-order valence-corrected chi connectivity index (χ0v) is 13.0. The molecule has 0 aromatic heterocycles. The topological polar surface area (TPSA) is 0 Å². The smallest absolute Gasteiger partial charge is 0.170 e. The summed E-state index contributed by atoms with van der Waals surface area (Å²) in [7, 11) is -1.45. The van der Waals surface area contributed by atoms with Gasteiger partial charge in [-0.05, 0) is 0 Å². The summed E-state index contributed by atoms with van der Waals surface area (Å²) in [5, 5.41) is 0. The Balaban J connectivity index is 4.75. The third-order valence-electron chi connectivity index (χ3n) is 1.94. The number of halogens is 4. The molecule has 0 aromatic rings. The molecule has 0 heterocycles. The molecule has 11 heavy (non-hydrogen) atoms. The van der Waals surface area contributed by atoms with E-state index >= 15 is 0 Å². The van der Waals surface area contributed by atoms with Crippen molar-refractivity contribution in [3.63, 3.8) is 0 Å². The Kier molecular flexibility index (Phi) is 4.10. The molecule has 0 saturated heterocycles. The zero-order valence-electron chi connectivity index (χ0n) is 7.01. The van der Waals surface area contributed by atoms with Crippen molar-refractivity contribution in [2.24, 2.45) is 0 Å². The van der Waals surface area contributed by atoms with Gasteiger partial charge >= 0.3 is 5.52 Å². The third-order valence-corrected chi connectivity index (χ3v) is 52.3. The average molecular weight is 286 g/mol. The highest BCUT2D eigenvalue weighted by Gasteiger charge is 2.57. The molecule has 1 atom stereocenters. The normalized spacial score (nSPS) is 19.6. The van der Waals surface area contributed by atoms with E-state index in [4.69, 9.17) is 44.3 Å². The van der Waals surface area contributed by atoms with E-state index < -0.39 is 19.5 Å². The fourth-order valence-corrected chi connectivity index (χ4v) is 34.4. The molecule has 0 nitrogen and oxygen atoms in total. The quantitative estimate of drug-likeness (QED) is 0.532. The van der Waals surface area contributed by atoms with Crippen LogP contribution in [0.4, 0.5) is 0 Å². The lowest BCUT2D eigenvalue weighted by Gasteiger charge is -2.35. The number of rotatable bonds is 2. The minimum Gasteiger partial charge on any atom is -0.170 e. The summed E-state index contributed by atoms with van der Waals surface area (Å²) in [6.45, 7) is 8.49. The first-order valence-corrected chi connectivity index (χ1v) is 17.3. The van der Waals surface area contributed by atoms with E-state index in [2.05, 4.69) is 19.6 Å². The maximum atomic E-state index is 6.35. The summed E-state index contributed by atoms with van der Waals surface area (Å²) in [6, 6.07) is 0. The van der Waals surface area contributed by atoms with Crippen LogP contribution in [0.3, 0.4) is 0 Å². The summed E-state index contributed by atoms with van der Waals surface area (Å²) in [5.74, 6) is 0. The van der Waals surface area contributed by atoms with Crippen molar-refractivity contribution < 1.29 is 0 Å². The maximum absolute atomic E-state index is 6.35. The molecule has 68 valence electrons. The summed E-state index contributed by atoms with van der Waals surface area (Å²) < 4.78 is 0. The first-order chi connectivity index (χ1) is 4.50. The van der Waals surface area contributed by atoms with E-state index in [0.29, 0.717) is 0 Å². The lowest BCUT2D eigenvalue weighted by molar-refractivity contribution is 1.83. The van der Waals surface area contributed by atoms with Gasteiger partial charge in [0.05, 0.1) is 7.59 Å². The van der Waals surface area contributed by atoms with E-state index in [9.17, 15) is 0 Å². The van der Waals surface area contributed by atoms with Crippen LogP contribution in [0.15, 0.2) is 0 Å². The highest BCUT2D eigenvalue weighted by molar-refractivity contribution is 8.05. The molecule has 0 aliphatic carbocycles. The summed E-state index contributed by atoms with van der Waals surface area (Å²) in [5.41, 5.74) is -2.64. The van der Waals surface area contributed by atoms with Gasteiger partial charge in [0.25, 0.3) is 0 Å². The van der Waals surface area contributed by atoms with E-state index in [1.807, 2.05) is 6.55 Å². The fraction of sp³-hybridized carbons (Fsp3) is 1.00. The molecule has 0 aliphatic rings.